The highest BCUT2D eigenvalue weighted by Gasteiger charge is 2.21. The topological polar surface area (TPSA) is 35.2 Å². The quantitative estimate of drug-likeness (QED) is 0.830. The molecule has 0 radical (unpaired) electrons. The molecule has 0 spiro atoms. The van der Waals surface area contributed by atoms with E-state index in [-0.39, 0.29) is 18.5 Å². The number of benzene rings is 1. The second-order valence-electron chi connectivity index (χ2n) is 5.16. The molecule has 1 aromatic rings. The molecule has 0 amide bonds. The molecule has 2 unspecified atom stereocenters. The van der Waals surface area contributed by atoms with Crippen molar-refractivity contribution in [1.29, 1.82) is 0 Å². The smallest absolute Gasteiger partial charge is 0.138 e. The van der Waals surface area contributed by atoms with Crippen molar-refractivity contribution in [2.45, 2.75) is 38.7 Å². The molecule has 1 aliphatic carbocycles. The van der Waals surface area contributed by atoms with Gasteiger partial charge in [0.1, 0.15) is 11.6 Å². The van der Waals surface area contributed by atoms with Crippen molar-refractivity contribution in [2.75, 3.05) is 6.54 Å². The molecule has 1 fully saturated rings. The summed E-state index contributed by atoms with van der Waals surface area (Å²) in [6.45, 7) is 2.52. The van der Waals surface area contributed by atoms with E-state index in [9.17, 15) is 4.39 Å². The summed E-state index contributed by atoms with van der Waals surface area (Å²) in [4.78, 5) is 0. The highest BCUT2D eigenvalue weighted by Crippen LogP contribution is 2.29. The molecule has 2 nitrogen and oxygen atoms in total. The zero-order valence-electron chi connectivity index (χ0n) is 11.3. The van der Waals surface area contributed by atoms with Crippen LogP contribution in [0.15, 0.2) is 18.2 Å². The van der Waals surface area contributed by atoms with Crippen LogP contribution in [0.3, 0.4) is 0 Å². The first kappa shape index (κ1) is 13.9. The Morgan fingerprint density at radius 1 is 1.42 bits per heavy atom. The van der Waals surface area contributed by atoms with Crippen molar-refractivity contribution >= 4 is 0 Å². The standard InChI is InChI=1S/C16H20FNO/c1-12-4-2-6-15(10-12)19-16-11-14(17)8-7-13(16)5-3-9-18/h7-8,11-12,15H,2,4,6,9-10,18H2,1H3. The van der Waals surface area contributed by atoms with Crippen molar-refractivity contribution in [3.8, 4) is 17.6 Å². The number of ether oxygens (including phenoxy) is 1. The lowest BCUT2D eigenvalue weighted by atomic mass is 9.88. The average molecular weight is 261 g/mol. The SMILES string of the molecule is CC1CCCC(Oc2cc(F)ccc2C#CCN)C1. The molecule has 2 rings (SSSR count). The van der Waals surface area contributed by atoms with Gasteiger partial charge in [-0.2, -0.15) is 0 Å². The Morgan fingerprint density at radius 3 is 3.00 bits per heavy atom. The third-order valence-corrected chi connectivity index (χ3v) is 3.45. The fraction of sp³-hybridized carbons (Fsp3) is 0.500. The molecule has 3 heteroatoms. The molecule has 0 aliphatic heterocycles. The van der Waals surface area contributed by atoms with E-state index >= 15 is 0 Å². The van der Waals surface area contributed by atoms with E-state index in [2.05, 4.69) is 18.8 Å². The first-order chi connectivity index (χ1) is 9.19. The van der Waals surface area contributed by atoms with Crippen molar-refractivity contribution in [3.05, 3.63) is 29.6 Å². The van der Waals surface area contributed by atoms with Crippen LogP contribution in [-0.4, -0.2) is 12.6 Å². The van der Waals surface area contributed by atoms with Crippen LogP contribution in [0.4, 0.5) is 4.39 Å². The van der Waals surface area contributed by atoms with Crippen molar-refractivity contribution in [3.63, 3.8) is 0 Å². The molecular formula is C16H20FNO. The van der Waals surface area contributed by atoms with Crippen LogP contribution >= 0.6 is 0 Å². The zero-order chi connectivity index (χ0) is 13.7. The lowest BCUT2D eigenvalue weighted by Crippen LogP contribution is -2.24. The van der Waals surface area contributed by atoms with Crippen LogP contribution < -0.4 is 10.5 Å². The maximum absolute atomic E-state index is 13.3. The number of hydrogen-bond donors (Lipinski definition) is 1. The number of nitrogens with two attached hydrogens (primary N) is 1. The lowest BCUT2D eigenvalue weighted by molar-refractivity contribution is 0.128. The average Bonchev–Trinajstić information content (AvgIpc) is 2.38. The number of rotatable bonds is 2. The first-order valence-electron chi connectivity index (χ1n) is 6.84. The molecule has 1 aliphatic rings. The van der Waals surface area contributed by atoms with Gasteiger partial charge in [-0.15, -0.1) is 0 Å². The van der Waals surface area contributed by atoms with Gasteiger partial charge in [-0.05, 0) is 37.3 Å². The maximum atomic E-state index is 13.3. The Balaban J connectivity index is 2.15. The normalized spacial score (nSPS) is 22.5. The van der Waals surface area contributed by atoms with E-state index in [0.29, 0.717) is 17.2 Å². The predicted octanol–water partition coefficient (Wildman–Crippen LogP) is 3.09. The van der Waals surface area contributed by atoms with Gasteiger partial charge in [0.15, 0.2) is 0 Å². The molecule has 19 heavy (non-hydrogen) atoms. The van der Waals surface area contributed by atoms with Crippen LogP contribution in [0.25, 0.3) is 0 Å². The number of hydrogen-bond acceptors (Lipinski definition) is 2. The maximum Gasteiger partial charge on any atom is 0.138 e. The van der Waals surface area contributed by atoms with Crippen molar-refractivity contribution in [1.82, 2.24) is 0 Å². The van der Waals surface area contributed by atoms with Crippen molar-refractivity contribution in [2.24, 2.45) is 11.7 Å². The summed E-state index contributed by atoms with van der Waals surface area (Å²) in [5.74, 6) is 6.64. The Hall–Kier alpha value is -1.53. The lowest BCUT2D eigenvalue weighted by Gasteiger charge is -2.27. The fourth-order valence-electron chi connectivity index (χ4n) is 2.51. The highest BCUT2D eigenvalue weighted by molar-refractivity contribution is 5.46. The molecule has 0 aromatic heterocycles. The zero-order valence-corrected chi connectivity index (χ0v) is 11.3. The van der Waals surface area contributed by atoms with Crippen molar-refractivity contribution < 1.29 is 9.13 Å². The molecule has 1 aromatic carbocycles. The van der Waals surface area contributed by atoms with Gasteiger partial charge in [0.05, 0.1) is 18.2 Å². The van der Waals surface area contributed by atoms with Gasteiger partial charge in [0.2, 0.25) is 0 Å². The van der Waals surface area contributed by atoms with Crippen LogP contribution in [-0.2, 0) is 0 Å². The Kier molecular flexibility index (Phi) is 4.81. The van der Waals surface area contributed by atoms with Gasteiger partial charge in [-0.3, -0.25) is 0 Å². The molecule has 2 atom stereocenters. The Bertz CT molecular complexity index is 489. The molecule has 2 N–H and O–H groups in total. The Morgan fingerprint density at radius 2 is 2.26 bits per heavy atom. The van der Waals surface area contributed by atoms with Gasteiger partial charge in [-0.25, -0.2) is 4.39 Å². The van der Waals surface area contributed by atoms with Gasteiger partial charge >= 0.3 is 0 Å². The van der Waals surface area contributed by atoms with E-state index in [1.165, 1.54) is 25.0 Å². The first-order valence-corrected chi connectivity index (χ1v) is 6.84. The van der Waals surface area contributed by atoms with Gasteiger partial charge in [0.25, 0.3) is 0 Å². The molecule has 102 valence electrons. The van der Waals surface area contributed by atoms with Gasteiger partial charge in [-0.1, -0.05) is 25.2 Å². The third kappa shape index (κ3) is 3.97. The molecule has 1 saturated carbocycles. The van der Waals surface area contributed by atoms with E-state index in [0.717, 1.165) is 12.8 Å². The monoisotopic (exact) mass is 261 g/mol. The van der Waals surface area contributed by atoms with E-state index in [4.69, 9.17) is 10.5 Å². The minimum Gasteiger partial charge on any atom is -0.489 e. The minimum absolute atomic E-state index is 0.170. The highest BCUT2D eigenvalue weighted by atomic mass is 19.1. The molecule has 0 heterocycles. The van der Waals surface area contributed by atoms with Gasteiger partial charge in [0, 0.05) is 6.07 Å². The van der Waals surface area contributed by atoms with Gasteiger partial charge < -0.3 is 10.5 Å². The van der Waals surface area contributed by atoms with E-state index < -0.39 is 0 Å². The predicted molar refractivity (Wildman–Crippen MR) is 74.4 cm³/mol. The molecular weight excluding hydrogens is 241 g/mol. The fourth-order valence-corrected chi connectivity index (χ4v) is 2.51. The second kappa shape index (κ2) is 6.58. The summed E-state index contributed by atoms with van der Waals surface area (Å²) < 4.78 is 19.3. The van der Waals surface area contributed by atoms with Crippen LogP contribution in [0, 0.1) is 23.6 Å². The largest absolute Gasteiger partial charge is 0.489 e. The third-order valence-electron chi connectivity index (χ3n) is 3.45. The molecule has 0 saturated heterocycles. The summed E-state index contributed by atoms with van der Waals surface area (Å²) >= 11 is 0. The Labute approximate surface area is 114 Å². The second-order valence-corrected chi connectivity index (χ2v) is 5.16. The summed E-state index contributed by atoms with van der Waals surface area (Å²) in [5, 5.41) is 0. The number of halogens is 1. The molecule has 0 bridgehead atoms. The van der Waals surface area contributed by atoms with E-state index in [1.807, 2.05) is 0 Å². The summed E-state index contributed by atoms with van der Waals surface area (Å²) in [6.07, 6.45) is 4.66. The minimum atomic E-state index is -0.294. The summed E-state index contributed by atoms with van der Waals surface area (Å²) in [7, 11) is 0. The van der Waals surface area contributed by atoms with Crippen LogP contribution in [0.1, 0.15) is 38.2 Å². The van der Waals surface area contributed by atoms with E-state index in [1.54, 1.807) is 6.07 Å². The summed E-state index contributed by atoms with van der Waals surface area (Å²) in [5.41, 5.74) is 6.08. The van der Waals surface area contributed by atoms with Crippen LogP contribution in [0.2, 0.25) is 0 Å². The van der Waals surface area contributed by atoms with Crippen LogP contribution in [0.5, 0.6) is 5.75 Å². The summed E-state index contributed by atoms with van der Waals surface area (Å²) in [6, 6.07) is 4.47.